The molecule has 1 aromatic carbocycles. The second kappa shape index (κ2) is 7.69. The van der Waals surface area contributed by atoms with Gasteiger partial charge in [-0.15, -0.1) is 5.06 Å². The van der Waals surface area contributed by atoms with Gasteiger partial charge in [-0.05, 0) is 48.6 Å². The van der Waals surface area contributed by atoms with Crippen LogP contribution in [0.2, 0.25) is 0 Å². The minimum Gasteiger partial charge on any atom is -0.335 e. The SMILES string of the molecule is O=CON(C(=O)NCC(F)(F)F)c1cccc(-c2cnc3cc(C4CC4)ccn23)c1. The Labute approximate surface area is 169 Å². The minimum absolute atomic E-state index is 0.0343. The van der Waals surface area contributed by atoms with Crippen LogP contribution in [0.1, 0.15) is 24.3 Å². The number of nitrogens with zero attached hydrogens (tertiary/aromatic N) is 3. The standard InChI is InChI=1S/C20H17F3N4O3/c21-20(22,23)11-25-19(29)27(30-12-28)16-3-1-2-15(8-16)17-10-24-18-9-14(13-4-5-13)6-7-26(17)18/h1-3,6-10,12-13H,4-5,11H2,(H,25,29). The first-order chi connectivity index (χ1) is 14.4. The van der Waals surface area contributed by atoms with Crippen LogP contribution in [0.3, 0.4) is 0 Å². The molecule has 0 aliphatic heterocycles. The smallest absolute Gasteiger partial charge is 0.335 e. The average molecular weight is 418 g/mol. The van der Waals surface area contributed by atoms with Crippen molar-refractivity contribution in [2.45, 2.75) is 24.9 Å². The molecule has 2 aromatic heterocycles. The normalized spacial score (nSPS) is 13.8. The number of halogens is 3. The molecule has 1 saturated carbocycles. The van der Waals surface area contributed by atoms with Crippen molar-refractivity contribution >= 4 is 23.8 Å². The third-order valence-electron chi connectivity index (χ3n) is 4.74. The highest BCUT2D eigenvalue weighted by molar-refractivity contribution is 5.91. The number of hydrogen-bond donors (Lipinski definition) is 1. The number of anilines is 1. The van der Waals surface area contributed by atoms with Crippen LogP contribution in [-0.2, 0) is 9.63 Å². The molecule has 1 aliphatic rings. The number of benzene rings is 1. The van der Waals surface area contributed by atoms with Crippen LogP contribution in [0.25, 0.3) is 16.9 Å². The number of urea groups is 1. The van der Waals surface area contributed by atoms with Crippen LogP contribution in [-0.4, -0.2) is 34.6 Å². The fraction of sp³-hybridized carbons (Fsp3) is 0.250. The zero-order valence-corrected chi connectivity index (χ0v) is 15.6. The maximum Gasteiger partial charge on any atom is 0.405 e. The van der Waals surface area contributed by atoms with Crippen molar-refractivity contribution in [1.82, 2.24) is 14.7 Å². The van der Waals surface area contributed by atoms with E-state index in [1.54, 1.807) is 23.6 Å². The van der Waals surface area contributed by atoms with Gasteiger partial charge in [-0.1, -0.05) is 12.1 Å². The summed E-state index contributed by atoms with van der Waals surface area (Å²) in [5, 5.41) is 2.14. The number of hydrogen-bond acceptors (Lipinski definition) is 4. The molecule has 1 aliphatic carbocycles. The summed E-state index contributed by atoms with van der Waals surface area (Å²) in [6.45, 7) is -1.59. The molecule has 0 saturated heterocycles. The van der Waals surface area contributed by atoms with Gasteiger partial charge in [0.05, 0.1) is 17.6 Å². The molecule has 2 amide bonds. The van der Waals surface area contributed by atoms with Gasteiger partial charge in [-0.25, -0.2) is 9.78 Å². The third-order valence-corrected chi connectivity index (χ3v) is 4.74. The largest absolute Gasteiger partial charge is 0.405 e. The predicted molar refractivity (Wildman–Crippen MR) is 102 cm³/mol. The Kier molecular flexibility index (Phi) is 5.06. The summed E-state index contributed by atoms with van der Waals surface area (Å²) in [7, 11) is 0. The van der Waals surface area contributed by atoms with Crippen molar-refractivity contribution in [2.24, 2.45) is 0 Å². The van der Waals surface area contributed by atoms with Gasteiger partial charge in [-0.3, -0.25) is 9.20 Å². The molecule has 2 heterocycles. The molecule has 10 heteroatoms. The highest BCUT2D eigenvalue weighted by Gasteiger charge is 2.30. The molecule has 0 atom stereocenters. The number of carbonyl (C=O) groups is 2. The monoisotopic (exact) mass is 418 g/mol. The number of alkyl halides is 3. The van der Waals surface area contributed by atoms with E-state index in [4.69, 9.17) is 0 Å². The Morgan fingerprint density at radius 1 is 1.30 bits per heavy atom. The summed E-state index contributed by atoms with van der Waals surface area (Å²) in [5.74, 6) is 0.586. The maximum absolute atomic E-state index is 12.4. The Balaban J connectivity index is 1.63. The van der Waals surface area contributed by atoms with Crippen molar-refractivity contribution in [1.29, 1.82) is 0 Å². The first kappa shape index (κ1) is 19.7. The lowest BCUT2D eigenvalue weighted by atomic mass is 10.1. The maximum atomic E-state index is 12.4. The summed E-state index contributed by atoms with van der Waals surface area (Å²) in [5.41, 5.74) is 3.45. The van der Waals surface area contributed by atoms with Crippen molar-refractivity contribution in [3.05, 3.63) is 54.4 Å². The summed E-state index contributed by atoms with van der Waals surface area (Å²) >= 11 is 0. The Morgan fingerprint density at radius 3 is 2.80 bits per heavy atom. The number of hydroxylamine groups is 1. The molecule has 0 spiro atoms. The van der Waals surface area contributed by atoms with Crippen LogP contribution in [0.5, 0.6) is 0 Å². The molecule has 0 radical (unpaired) electrons. The lowest BCUT2D eigenvalue weighted by Crippen LogP contribution is -2.43. The fourth-order valence-electron chi connectivity index (χ4n) is 3.19. The van der Waals surface area contributed by atoms with Crippen molar-refractivity contribution in [3.8, 4) is 11.3 Å². The fourth-order valence-corrected chi connectivity index (χ4v) is 3.19. The summed E-state index contributed by atoms with van der Waals surface area (Å²) in [6.07, 6.45) is 1.33. The first-order valence-electron chi connectivity index (χ1n) is 9.18. The number of nitrogens with one attached hydrogen (secondary N) is 1. The summed E-state index contributed by atoms with van der Waals surface area (Å²) in [6, 6.07) is 9.16. The first-order valence-corrected chi connectivity index (χ1v) is 9.18. The molecule has 30 heavy (non-hydrogen) atoms. The number of fused-ring (bicyclic) bond motifs is 1. The zero-order chi connectivity index (χ0) is 21.3. The van der Waals surface area contributed by atoms with E-state index < -0.39 is 18.8 Å². The van der Waals surface area contributed by atoms with Crippen molar-refractivity contribution in [3.63, 3.8) is 0 Å². The van der Waals surface area contributed by atoms with Gasteiger partial charge < -0.3 is 10.2 Å². The number of amides is 2. The van der Waals surface area contributed by atoms with Crippen molar-refractivity contribution < 1.29 is 27.6 Å². The molecule has 0 bridgehead atoms. The lowest BCUT2D eigenvalue weighted by molar-refractivity contribution is -0.129. The van der Waals surface area contributed by atoms with E-state index in [-0.39, 0.29) is 12.2 Å². The highest BCUT2D eigenvalue weighted by Crippen LogP contribution is 2.40. The molecule has 1 N–H and O–H groups in total. The van der Waals surface area contributed by atoms with Gasteiger partial charge in [0.15, 0.2) is 0 Å². The molecule has 156 valence electrons. The predicted octanol–water partition coefficient (Wildman–Crippen LogP) is 4.05. The molecule has 4 rings (SSSR count). The van der Waals surface area contributed by atoms with Crippen LogP contribution in [0, 0.1) is 0 Å². The summed E-state index contributed by atoms with van der Waals surface area (Å²) < 4.78 is 39.1. The topological polar surface area (TPSA) is 75.9 Å². The van der Waals surface area contributed by atoms with Crippen LogP contribution in [0.15, 0.2) is 48.8 Å². The second-order valence-electron chi connectivity index (χ2n) is 6.93. The van der Waals surface area contributed by atoms with E-state index in [2.05, 4.69) is 9.82 Å². The molecule has 1 fully saturated rings. The second-order valence-corrected chi connectivity index (χ2v) is 6.93. The Hall–Kier alpha value is -3.56. The quantitative estimate of drug-likeness (QED) is 0.484. The zero-order valence-electron chi connectivity index (χ0n) is 15.6. The molecule has 0 unspecified atom stereocenters. The number of imidazole rings is 1. The van der Waals surface area contributed by atoms with Crippen LogP contribution < -0.4 is 10.4 Å². The van der Waals surface area contributed by atoms with Gasteiger partial charge in [0.25, 0.3) is 0 Å². The number of aromatic nitrogens is 2. The van der Waals surface area contributed by atoms with Gasteiger partial charge in [0.2, 0.25) is 0 Å². The van der Waals surface area contributed by atoms with E-state index in [0.29, 0.717) is 16.5 Å². The van der Waals surface area contributed by atoms with E-state index in [0.717, 1.165) is 11.3 Å². The van der Waals surface area contributed by atoms with E-state index in [1.165, 1.54) is 30.5 Å². The van der Waals surface area contributed by atoms with Crippen molar-refractivity contribution in [2.75, 3.05) is 11.6 Å². The van der Waals surface area contributed by atoms with Crippen LogP contribution >= 0.6 is 0 Å². The van der Waals surface area contributed by atoms with Gasteiger partial charge in [0.1, 0.15) is 12.2 Å². The molecule has 7 nitrogen and oxygen atoms in total. The van der Waals surface area contributed by atoms with E-state index in [1.807, 2.05) is 22.7 Å². The van der Waals surface area contributed by atoms with E-state index >= 15 is 0 Å². The number of carbonyl (C=O) groups excluding carboxylic acids is 2. The third kappa shape index (κ3) is 4.22. The number of pyridine rings is 1. The Morgan fingerprint density at radius 2 is 2.10 bits per heavy atom. The van der Waals surface area contributed by atoms with Gasteiger partial charge in [0, 0.05) is 11.8 Å². The van der Waals surface area contributed by atoms with Crippen LogP contribution in [0.4, 0.5) is 23.7 Å². The minimum atomic E-state index is -4.60. The lowest BCUT2D eigenvalue weighted by Gasteiger charge is -2.20. The van der Waals surface area contributed by atoms with Gasteiger partial charge in [-0.2, -0.15) is 13.2 Å². The summed E-state index contributed by atoms with van der Waals surface area (Å²) in [4.78, 5) is 31.9. The molecule has 3 aromatic rings. The highest BCUT2D eigenvalue weighted by atomic mass is 19.4. The molecular weight excluding hydrogens is 401 g/mol. The van der Waals surface area contributed by atoms with E-state index in [9.17, 15) is 22.8 Å². The van der Waals surface area contributed by atoms with Gasteiger partial charge >= 0.3 is 18.7 Å². The molecular formula is C20H17F3N4O3. The average Bonchev–Trinajstić information content (AvgIpc) is 3.49. The Bertz CT molecular complexity index is 1090. The number of rotatable bonds is 6.